The molecule has 1 fully saturated rings. The Balaban J connectivity index is 2.41. The van der Waals surface area contributed by atoms with Crippen LogP contribution < -0.4 is 10.9 Å². The normalized spacial score (nSPS) is 18.8. The molecule has 2 rings (SSSR count). The highest BCUT2D eigenvalue weighted by molar-refractivity contribution is 6.56. The van der Waals surface area contributed by atoms with Gasteiger partial charge in [0.15, 0.2) is 0 Å². The summed E-state index contributed by atoms with van der Waals surface area (Å²) in [6.45, 7) is 12.2. The quantitative estimate of drug-likeness (QED) is 0.687. The third-order valence-electron chi connectivity index (χ3n) is 4.99. The van der Waals surface area contributed by atoms with E-state index in [4.69, 9.17) is 14.0 Å². The first kappa shape index (κ1) is 25.0. The Morgan fingerprint density at radius 1 is 1.19 bits per heavy atom. The lowest BCUT2D eigenvalue weighted by Gasteiger charge is -2.32. The van der Waals surface area contributed by atoms with Crippen LogP contribution in [0.5, 0.6) is 0 Å². The Hall–Kier alpha value is -2.27. The van der Waals surface area contributed by atoms with Gasteiger partial charge in [0.2, 0.25) is 0 Å². The van der Waals surface area contributed by atoms with Crippen molar-refractivity contribution < 1.29 is 32.0 Å². The van der Waals surface area contributed by atoms with Crippen LogP contribution in [0.1, 0.15) is 59.6 Å². The summed E-state index contributed by atoms with van der Waals surface area (Å²) in [4.78, 5) is 26.3. The van der Waals surface area contributed by atoms with E-state index in [9.17, 15) is 22.8 Å². The summed E-state index contributed by atoms with van der Waals surface area (Å²) in [7, 11) is -0.992. The molecule has 2 N–H and O–H groups in total. The topological polar surface area (TPSA) is 89.7 Å². The first-order chi connectivity index (χ1) is 13.9. The van der Waals surface area contributed by atoms with E-state index in [1.807, 2.05) is 27.7 Å². The van der Waals surface area contributed by atoms with E-state index in [2.05, 4.69) is 10.3 Å². The number of alkyl halides is 3. The Morgan fingerprint density at radius 2 is 1.74 bits per heavy atom. The number of H-pyrrole nitrogens is 1. The maximum Gasteiger partial charge on any atom is 0.492 e. The third kappa shape index (κ3) is 6.36. The summed E-state index contributed by atoms with van der Waals surface area (Å²) < 4.78 is 56.4. The second kappa shape index (κ2) is 8.35. The van der Waals surface area contributed by atoms with E-state index in [0.29, 0.717) is 6.20 Å². The molecular formula is C20H28BF3N2O5. The molecule has 0 aliphatic carbocycles. The molecule has 1 aromatic rings. The predicted molar refractivity (Wildman–Crippen MR) is 110 cm³/mol. The van der Waals surface area contributed by atoms with Crippen LogP contribution >= 0.6 is 0 Å². The number of alkyl carbamates (subject to hydrolysis) is 1. The Labute approximate surface area is 179 Å². The van der Waals surface area contributed by atoms with Crippen molar-refractivity contribution in [3.05, 3.63) is 39.2 Å². The fourth-order valence-corrected chi connectivity index (χ4v) is 2.66. The molecule has 31 heavy (non-hydrogen) atoms. The lowest BCUT2D eigenvalue weighted by Crippen LogP contribution is -2.41. The van der Waals surface area contributed by atoms with Gasteiger partial charge in [-0.05, 0) is 60.0 Å². The number of hydrogen-bond donors (Lipinski definition) is 2. The molecule has 0 aromatic carbocycles. The maximum atomic E-state index is 13.1. The van der Waals surface area contributed by atoms with Gasteiger partial charge in [0.1, 0.15) is 5.60 Å². The Bertz CT molecular complexity index is 901. The largest absolute Gasteiger partial charge is 0.492 e. The number of carbonyl (C=O) groups is 1. The van der Waals surface area contributed by atoms with Crippen LogP contribution in [0.2, 0.25) is 0 Å². The highest BCUT2D eigenvalue weighted by Gasteiger charge is 2.52. The Kier molecular flexibility index (Phi) is 6.73. The van der Waals surface area contributed by atoms with Gasteiger partial charge in [-0.15, -0.1) is 0 Å². The highest BCUT2D eigenvalue weighted by Crippen LogP contribution is 2.38. The molecule has 1 amide bonds. The molecule has 1 aliphatic rings. The number of nitrogens with one attached hydrogen (secondary N) is 2. The SMILES string of the molecule is CC(C)(C)OC(=O)NCC(=Cc1cc(C(F)(F)F)c[nH]c1=O)B1OC(C)(C)C(C)(C)O1. The summed E-state index contributed by atoms with van der Waals surface area (Å²) >= 11 is 0. The molecule has 0 bridgehead atoms. The summed E-state index contributed by atoms with van der Waals surface area (Å²) in [6, 6.07) is 0.734. The molecule has 0 atom stereocenters. The molecule has 0 unspecified atom stereocenters. The number of hydrogen-bond acceptors (Lipinski definition) is 5. The number of halogens is 3. The van der Waals surface area contributed by atoms with Crippen molar-refractivity contribution in [1.29, 1.82) is 0 Å². The maximum absolute atomic E-state index is 13.1. The standard InChI is InChI=1S/C20H28BF3N2O5/c1-17(2,3)29-16(28)26-11-14(21-30-18(4,5)19(6,7)31-21)9-12-8-13(20(22,23)24)10-25-15(12)27/h8-10H,11H2,1-7H3,(H,25,27)(H,26,28). The van der Waals surface area contributed by atoms with Gasteiger partial charge < -0.3 is 24.3 Å². The van der Waals surface area contributed by atoms with E-state index in [-0.39, 0.29) is 17.6 Å². The van der Waals surface area contributed by atoms with Crippen LogP contribution in [0.15, 0.2) is 22.5 Å². The number of aromatic nitrogens is 1. The zero-order chi connectivity index (χ0) is 23.8. The first-order valence-electron chi connectivity index (χ1n) is 9.74. The number of carbonyl (C=O) groups excluding carboxylic acids is 1. The van der Waals surface area contributed by atoms with Crippen LogP contribution in [-0.4, -0.2) is 41.5 Å². The van der Waals surface area contributed by atoms with E-state index >= 15 is 0 Å². The number of amides is 1. The molecule has 172 valence electrons. The van der Waals surface area contributed by atoms with Gasteiger partial charge in [0.25, 0.3) is 5.56 Å². The molecule has 0 spiro atoms. The molecule has 11 heteroatoms. The predicted octanol–water partition coefficient (Wildman–Crippen LogP) is 3.93. The van der Waals surface area contributed by atoms with Crippen molar-refractivity contribution in [2.75, 3.05) is 6.54 Å². The molecule has 0 radical (unpaired) electrons. The van der Waals surface area contributed by atoms with Crippen molar-refractivity contribution >= 4 is 19.3 Å². The van der Waals surface area contributed by atoms with Crippen molar-refractivity contribution in [2.24, 2.45) is 0 Å². The monoisotopic (exact) mass is 444 g/mol. The van der Waals surface area contributed by atoms with Crippen LogP contribution in [0.4, 0.5) is 18.0 Å². The van der Waals surface area contributed by atoms with Gasteiger partial charge in [-0.1, -0.05) is 6.08 Å². The van der Waals surface area contributed by atoms with Crippen molar-refractivity contribution in [3.8, 4) is 0 Å². The highest BCUT2D eigenvalue weighted by atomic mass is 19.4. The van der Waals surface area contributed by atoms with E-state index in [1.165, 1.54) is 6.08 Å². The third-order valence-corrected chi connectivity index (χ3v) is 4.99. The summed E-state index contributed by atoms with van der Waals surface area (Å²) in [5.41, 5.74) is -3.92. The second-order valence-corrected chi connectivity index (χ2v) is 9.33. The first-order valence-corrected chi connectivity index (χ1v) is 9.74. The zero-order valence-electron chi connectivity index (χ0n) is 18.7. The van der Waals surface area contributed by atoms with E-state index in [1.54, 1.807) is 20.8 Å². The van der Waals surface area contributed by atoms with Crippen LogP contribution in [0.3, 0.4) is 0 Å². The molecule has 7 nitrogen and oxygen atoms in total. The van der Waals surface area contributed by atoms with E-state index in [0.717, 1.165) is 6.07 Å². The minimum Gasteiger partial charge on any atom is -0.444 e. The van der Waals surface area contributed by atoms with Gasteiger partial charge in [-0.2, -0.15) is 13.2 Å². The smallest absolute Gasteiger partial charge is 0.444 e. The fourth-order valence-electron chi connectivity index (χ4n) is 2.66. The van der Waals surface area contributed by atoms with E-state index < -0.39 is 47.3 Å². The van der Waals surface area contributed by atoms with Crippen LogP contribution in [0.25, 0.3) is 6.08 Å². The number of rotatable bonds is 4. The minimum atomic E-state index is -4.63. The fraction of sp³-hybridized carbons (Fsp3) is 0.600. The van der Waals surface area contributed by atoms with Crippen molar-refractivity contribution in [2.45, 2.75) is 71.4 Å². The Morgan fingerprint density at radius 3 is 2.23 bits per heavy atom. The number of pyridine rings is 1. The lowest BCUT2D eigenvalue weighted by molar-refractivity contribution is -0.137. The molecule has 1 saturated heterocycles. The van der Waals surface area contributed by atoms with Gasteiger partial charge in [0, 0.05) is 18.3 Å². The molecule has 0 saturated carbocycles. The zero-order valence-corrected chi connectivity index (χ0v) is 18.7. The number of aromatic amines is 1. The van der Waals surface area contributed by atoms with Gasteiger partial charge >= 0.3 is 19.4 Å². The van der Waals surface area contributed by atoms with Crippen LogP contribution in [-0.2, 0) is 20.2 Å². The lowest BCUT2D eigenvalue weighted by atomic mass is 9.77. The second-order valence-electron chi connectivity index (χ2n) is 9.33. The molecule has 2 heterocycles. The van der Waals surface area contributed by atoms with Gasteiger partial charge in [-0.3, -0.25) is 4.79 Å². The molecule has 1 aliphatic heterocycles. The molecular weight excluding hydrogens is 416 g/mol. The van der Waals surface area contributed by atoms with Crippen molar-refractivity contribution in [1.82, 2.24) is 10.3 Å². The van der Waals surface area contributed by atoms with Gasteiger partial charge in [-0.25, -0.2) is 4.79 Å². The van der Waals surface area contributed by atoms with Crippen molar-refractivity contribution in [3.63, 3.8) is 0 Å². The number of ether oxygens (including phenoxy) is 1. The molecule has 1 aromatic heterocycles. The van der Waals surface area contributed by atoms with Gasteiger partial charge in [0.05, 0.1) is 16.8 Å². The minimum absolute atomic E-state index is 0.165. The average molecular weight is 444 g/mol. The summed E-state index contributed by atoms with van der Waals surface area (Å²) in [5.74, 6) is 0. The summed E-state index contributed by atoms with van der Waals surface area (Å²) in [5, 5.41) is 2.53. The summed E-state index contributed by atoms with van der Waals surface area (Å²) in [6.07, 6.45) is -3.53. The average Bonchev–Trinajstić information content (AvgIpc) is 2.78. The van der Waals surface area contributed by atoms with Crippen LogP contribution in [0, 0.1) is 0 Å².